The third-order valence-corrected chi connectivity index (χ3v) is 3.85. The summed E-state index contributed by atoms with van der Waals surface area (Å²) in [7, 11) is 0. The van der Waals surface area contributed by atoms with Crippen LogP contribution in [0.4, 0.5) is 0 Å². The average molecular weight is 334 g/mol. The van der Waals surface area contributed by atoms with Crippen LogP contribution in [0.15, 0.2) is 45.6 Å². The van der Waals surface area contributed by atoms with Gasteiger partial charge in [-0.15, -0.1) is 0 Å². The molecule has 0 amide bonds. The third kappa shape index (κ3) is 2.49. The summed E-state index contributed by atoms with van der Waals surface area (Å²) >= 11 is 0. The summed E-state index contributed by atoms with van der Waals surface area (Å²) in [6.07, 6.45) is 1.35. The van der Waals surface area contributed by atoms with E-state index in [1.54, 1.807) is 30.3 Å². The molecular formula is C19H10O6. The van der Waals surface area contributed by atoms with Gasteiger partial charge in [-0.1, -0.05) is 30.3 Å². The lowest BCUT2D eigenvalue weighted by atomic mass is 9.96. The van der Waals surface area contributed by atoms with Crippen molar-refractivity contribution in [2.75, 3.05) is 0 Å². The van der Waals surface area contributed by atoms with E-state index in [2.05, 4.69) is 0 Å². The van der Waals surface area contributed by atoms with Crippen LogP contribution < -0.4 is 5.43 Å². The Hall–Kier alpha value is -3.67. The van der Waals surface area contributed by atoms with Crippen molar-refractivity contribution in [1.29, 1.82) is 0 Å². The highest BCUT2D eigenvalue weighted by molar-refractivity contribution is 6.09. The third-order valence-electron chi connectivity index (χ3n) is 3.85. The Morgan fingerprint density at radius 2 is 1.40 bits per heavy atom. The maximum Gasteiger partial charge on any atom is 0.204 e. The molecule has 2 aromatic carbocycles. The standard InChI is InChI=1S/C19H10O6/c20-7-12-6-16-17(14(9-22)13(12)8-21)18(24)15(10-23)19(25-16)11-4-2-1-3-5-11/h1-10H. The second-order valence-electron chi connectivity index (χ2n) is 5.18. The number of hydrogen-bond acceptors (Lipinski definition) is 6. The Kier molecular flexibility index (Phi) is 4.18. The number of carbonyl (C=O) groups excluding carboxylic acids is 4. The van der Waals surface area contributed by atoms with E-state index in [9.17, 15) is 24.0 Å². The van der Waals surface area contributed by atoms with Crippen LogP contribution in [0.2, 0.25) is 0 Å². The molecule has 0 aliphatic carbocycles. The minimum Gasteiger partial charge on any atom is -0.455 e. The van der Waals surface area contributed by atoms with Gasteiger partial charge in [0, 0.05) is 22.3 Å². The van der Waals surface area contributed by atoms with Gasteiger partial charge in [-0.05, 0) is 6.07 Å². The highest BCUT2D eigenvalue weighted by atomic mass is 16.3. The number of carbonyl (C=O) groups is 4. The molecule has 3 rings (SSSR count). The predicted molar refractivity (Wildman–Crippen MR) is 89.5 cm³/mol. The van der Waals surface area contributed by atoms with Crippen LogP contribution in [-0.2, 0) is 0 Å². The second-order valence-corrected chi connectivity index (χ2v) is 5.18. The topological polar surface area (TPSA) is 98.5 Å². The predicted octanol–water partition coefficient (Wildman–Crippen LogP) is 2.71. The summed E-state index contributed by atoms with van der Waals surface area (Å²) in [6, 6.07) is 9.68. The number of fused-ring (bicyclic) bond motifs is 1. The first-order chi connectivity index (χ1) is 12.2. The van der Waals surface area contributed by atoms with E-state index in [1.807, 2.05) is 0 Å². The minimum atomic E-state index is -0.738. The molecule has 1 aromatic heterocycles. The molecular weight excluding hydrogens is 324 g/mol. The summed E-state index contributed by atoms with van der Waals surface area (Å²) in [5.74, 6) is 0.0284. The lowest BCUT2D eigenvalue weighted by molar-refractivity contribution is 0.108. The zero-order valence-corrected chi connectivity index (χ0v) is 12.7. The first kappa shape index (κ1) is 16.2. The van der Waals surface area contributed by atoms with Gasteiger partial charge < -0.3 is 4.42 Å². The fourth-order valence-corrected chi connectivity index (χ4v) is 2.69. The molecule has 1 heterocycles. The Labute approximate surface area is 140 Å². The smallest absolute Gasteiger partial charge is 0.204 e. The molecule has 0 saturated heterocycles. The van der Waals surface area contributed by atoms with Crippen molar-refractivity contribution in [2.45, 2.75) is 0 Å². The Morgan fingerprint density at radius 3 is 1.96 bits per heavy atom. The number of aldehydes is 4. The van der Waals surface area contributed by atoms with Crippen molar-refractivity contribution in [3.63, 3.8) is 0 Å². The van der Waals surface area contributed by atoms with E-state index in [-0.39, 0.29) is 39.0 Å². The fraction of sp³-hybridized carbons (Fsp3) is 0. The van der Waals surface area contributed by atoms with Crippen molar-refractivity contribution >= 4 is 36.1 Å². The molecule has 0 unspecified atom stereocenters. The number of hydrogen-bond donors (Lipinski definition) is 0. The van der Waals surface area contributed by atoms with E-state index >= 15 is 0 Å². The highest BCUT2D eigenvalue weighted by Crippen LogP contribution is 2.28. The number of benzene rings is 2. The van der Waals surface area contributed by atoms with E-state index in [4.69, 9.17) is 4.42 Å². The molecule has 0 aliphatic heterocycles. The van der Waals surface area contributed by atoms with Gasteiger partial charge in [0.15, 0.2) is 25.1 Å². The van der Waals surface area contributed by atoms with Gasteiger partial charge in [0.1, 0.15) is 16.9 Å². The average Bonchev–Trinajstić information content (AvgIpc) is 2.66. The molecule has 0 bridgehead atoms. The molecule has 0 radical (unpaired) electrons. The van der Waals surface area contributed by atoms with Crippen LogP contribution in [0.25, 0.3) is 22.3 Å². The lowest BCUT2D eigenvalue weighted by Crippen LogP contribution is -2.14. The second kappa shape index (κ2) is 6.45. The van der Waals surface area contributed by atoms with Gasteiger partial charge in [-0.3, -0.25) is 24.0 Å². The van der Waals surface area contributed by atoms with E-state index in [1.165, 1.54) is 6.07 Å². The summed E-state index contributed by atoms with van der Waals surface area (Å²) in [4.78, 5) is 58.1. The van der Waals surface area contributed by atoms with Crippen molar-refractivity contribution in [2.24, 2.45) is 0 Å². The first-order valence-corrected chi connectivity index (χ1v) is 7.20. The molecule has 25 heavy (non-hydrogen) atoms. The van der Waals surface area contributed by atoms with Crippen LogP contribution in [0.1, 0.15) is 41.4 Å². The van der Waals surface area contributed by atoms with Crippen LogP contribution in [0.5, 0.6) is 0 Å². The monoisotopic (exact) mass is 334 g/mol. The fourth-order valence-electron chi connectivity index (χ4n) is 2.69. The molecule has 0 aliphatic rings. The maximum absolute atomic E-state index is 12.7. The molecule has 3 aromatic rings. The normalized spacial score (nSPS) is 10.4. The van der Waals surface area contributed by atoms with Crippen molar-refractivity contribution in [1.82, 2.24) is 0 Å². The summed E-state index contributed by atoms with van der Waals surface area (Å²) in [6.45, 7) is 0. The molecule has 0 N–H and O–H groups in total. The summed E-state index contributed by atoms with van der Waals surface area (Å²) < 4.78 is 5.67. The van der Waals surface area contributed by atoms with Crippen LogP contribution in [0, 0.1) is 0 Å². The molecule has 6 heteroatoms. The molecule has 122 valence electrons. The molecule has 0 saturated carbocycles. The highest BCUT2D eigenvalue weighted by Gasteiger charge is 2.21. The van der Waals surface area contributed by atoms with Gasteiger partial charge in [0.2, 0.25) is 5.43 Å². The van der Waals surface area contributed by atoms with Gasteiger partial charge >= 0.3 is 0 Å². The Balaban J connectivity index is 2.55. The van der Waals surface area contributed by atoms with Crippen molar-refractivity contribution in [3.05, 3.63) is 68.9 Å². The van der Waals surface area contributed by atoms with Crippen LogP contribution >= 0.6 is 0 Å². The summed E-state index contributed by atoms with van der Waals surface area (Å²) in [5.41, 5.74) is -1.13. The maximum atomic E-state index is 12.7. The molecule has 0 spiro atoms. The first-order valence-electron chi connectivity index (χ1n) is 7.20. The van der Waals surface area contributed by atoms with E-state index < -0.39 is 5.43 Å². The summed E-state index contributed by atoms with van der Waals surface area (Å²) in [5, 5.41) is -0.204. The quantitative estimate of drug-likeness (QED) is 0.665. The zero-order valence-electron chi connectivity index (χ0n) is 12.7. The molecule has 6 nitrogen and oxygen atoms in total. The largest absolute Gasteiger partial charge is 0.455 e. The zero-order chi connectivity index (χ0) is 18.0. The lowest BCUT2D eigenvalue weighted by Gasteiger charge is -2.10. The van der Waals surface area contributed by atoms with E-state index in [0.717, 1.165) is 0 Å². The van der Waals surface area contributed by atoms with Gasteiger partial charge in [-0.25, -0.2) is 0 Å². The van der Waals surface area contributed by atoms with Crippen LogP contribution in [-0.4, -0.2) is 25.1 Å². The van der Waals surface area contributed by atoms with E-state index in [0.29, 0.717) is 30.7 Å². The van der Waals surface area contributed by atoms with Crippen molar-refractivity contribution < 1.29 is 23.6 Å². The Bertz CT molecular complexity index is 1080. The minimum absolute atomic E-state index is 0.0284. The molecule has 0 atom stereocenters. The number of rotatable bonds is 5. The van der Waals surface area contributed by atoms with Crippen molar-refractivity contribution in [3.8, 4) is 11.3 Å². The Morgan fingerprint density at radius 1 is 0.760 bits per heavy atom. The van der Waals surface area contributed by atoms with Crippen LogP contribution in [0.3, 0.4) is 0 Å². The SMILES string of the molecule is O=Cc1cc2oc(-c3ccccc3)c(C=O)c(=O)c2c(C=O)c1C=O. The van der Waals surface area contributed by atoms with Gasteiger partial charge in [0.05, 0.1) is 5.39 Å². The molecule has 0 fully saturated rings. The van der Waals surface area contributed by atoms with Gasteiger partial charge in [0.25, 0.3) is 0 Å². The van der Waals surface area contributed by atoms with Gasteiger partial charge in [-0.2, -0.15) is 0 Å².